The van der Waals surface area contributed by atoms with Gasteiger partial charge in [-0.1, -0.05) is 12.5 Å². The zero-order valence-corrected chi connectivity index (χ0v) is 30.0. The average molecular weight is 727 g/mol. The van der Waals surface area contributed by atoms with Crippen LogP contribution in [0.1, 0.15) is 69.7 Å². The van der Waals surface area contributed by atoms with Gasteiger partial charge in [0.25, 0.3) is 0 Å². The van der Waals surface area contributed by atoms with Gasteiger partial charge in [0, 0.05) is 78.7 Å². The Morgan fingerprint density at radius 2 is 1.72 bits per heavy atom. The highest BCUT2D eigenvalue weighted by molar-refractivity contribution is 7.99. The zero-order chi connectivity index (χ0) is 36.2. The third kappa shape index (κ3) is 9.71. The van der Waals surface area contributed by atoms with E-state index in [1.165, 1.54) is 18.6 Å². The number of benzene rings is 1. The van der Waals surface area contributed by atoms with Crippen LogP contribution in [0.3, 0.4) is 0 Å². The fraction of sp³-hybridized carbons (Fsp3) is 0.686. The number of fused-ring (bicyclic) bond motifs is 1. The van der Waals surface area contributed by atoms with Crippen LogP contribution in [0.25, 0.3) is 11.3 Å². The number of amides is 2. The molecule has 1 unspecified atom stereocenters. The molecule has 1 aromatic carbocycles. The number of hydrogen-bond acceptors (Lipinski definition) is 7. The minimum atomic E-state index is -4.57. The predicted octanol–water partition coefficient (Wildman–Crippen LogP) is 5.60. The Labute approximate surface area is 295 Å². The Kier molecular flexibility index (Phi) is 12.4. The summed E-state index contributed by atoms with van der Waals surface area (Å²) in [6, 6.07) is 3.98. The van der Waals surface area contributed by atoms with E-state index in [1.807, 2.05) is 0 Å². The van der Waals surface area contributed by atoms with Crippen molar-refractivity contribution in [1.29, 1.82) is 0 Å². The van der Waals surface area contributed by atoms with Gasteiger partial charge in [0.05, 0.1) is 23.9 Å². The fourth-order valence-electron chi connectivity index (χ4n) is 7.04. The normalized spacial score (nSPS) is 19.0. The van der Waals surface area contributed by atoms with Gasteiger partial charge in [-0.05, 0) is 71.7 Å². The molecule has 0 bridgehead atoms. The number of likely N-dealkylation sites (tertiary alicyclic amines) is 2. The lowest BCUT2D eigenvalue weighted by Gasteiger charge is -2.35. The van der Waals surface area contributed by atoms with Crippen LogP contribution >= 0.6 is 11.8 Å². The molecule has 0 saturated carbocycles. The minimum absolute atomic E-state index is 0.0647. The maximum absolute atomic E-state index is 14.2. The van der Waals surface area contributed by atoms with E-state index < -0.39 is 35.6 Å². The van der Waals surface area contributed by atoms with Gasteiger partial charge in [-0.2, -0.15) is 18.3 Å². The summed E-state index contributed by atoms with van der Waals surface area (Å²) in [5.74, 6) is 0.0201. The number of hydrogen-bond donors (Lipinski definition) is 2. The van der Waals surface area contributed by atoms with Crippen LogP contribution in [0.2, 0.25) is 0 Å². The second kappa shape index (κ2) is 16.2. The molecule has 2 N–H and O–H groups in total. The molecule has 4 heterocycles. The Bertz CT molecular complexity index is 1480. The molecule has 50 heavy (non-hydrogen) atoms. The third-order valence-corrected chi connectivity index (χ3v) is 10.9. The van der Waals surface area contributed by atoms with E-state index in [4.69, 9.17) is 5.10 Å². The molecular formula is C35H50F4N6O4S. The Hall–Kier alpha value is -2.88. The first kappa shape index (κ1) is 38.4. The number of nitrogens with zero attached hydrogens (tertiary/aromatic N) is 6. The van der Waals surface area contributed by atoms with Gasteiger partial charge < -0.3 is 24.9 Å². The molecule has 2 aromatic rings. The van der Waals surface area contributed by atoms with Crippen molar-refractivity contribution in [2.24, 2.45) is 0 Å². The minimum Gasteiger partial charge on any atom is -0.465 e. The zero-order valence-electron chi connectivity index (χ0n) is 29.2. The summed E-state index contributed by atoms with van der Waals surface area (Å²) in [7, 11) is 0. The summed E-state index contributed by atoms with van der Waals surface area (Å²) in [4.78, 5) is 32.5. The molecule has 10 nitrogen and oxygen atoms in total. The molecule has 1 atom stereocenters. The van der Waals surface area contributed by atoms with E-state index in [-0.39, 0.29) is 30.4 Å². The summed E-state index contributed by atoms with van der Waals surface area (Å²) >= 11 is 1.11. The lowest BCUT2D eigenvalue weighted by Crippen LogP contribution is -2.51. The summed E-state index contributed by atoms with van der Waals surface area (Å²) in [6.45, 7) is 9.43. The number of carboxylic acid groups (broad SMARTS) is 1. The molecule has 0 radical (unpaired) electrons. The molecule has 15 heteroatoms. The first-order chi connectivity index (χ1) is 23.6. The van der Waals surface area contributed by atoms with Gasteiger partial charge in [-0.25, -0.2) is 9.18 Å². The maximum Gasteiger partial charge on any atom is 0.417 e. The molecule has 2 saturated heterocycles. The Morgan fingerprint density at radius 3 is 2.36 bits per heavy atom. The third-order valence-electron chi connectivity index (χ3n) is 9.86. The van der Waals surface area contributed by atoms with Gasteiger partial charge in [0.2, 0.25) is 5.91 Å². The van der Waals surface area contributed by atoms with Crippen LogP contribution in [0.4, 0.5) is 22.4 Å². The number of aromatic nitrogens is 2. The number of aliphatic hydroxyl groups excluding tert-OH is 1. The topological polar surface area (TPSA) is 105 Å². The van der Waals surface area contributed by atoms with Crippen LogP contribution in [0.5, 0.6) is 0 Å². The monoisotopic (exact) mass is 726 g/mol. The number of β-amino-alcohol motifs (C(OH)–C–C–N with tert-alkyl or cyclic N) is 1. The summed E-state index contributed by atoms with van der Waals surface area (Å²) in [6.07, 6.45) is -2.75. The summed E-state index contributed by atoms with van der Waals surface area (Å²) < 4.78 is 57.9. The first-order valence-electron chi connectivity index (χ1n) is 17.6. The van der Waals surface area contributed by atoms with Crippen LogP contribution in [-0.2, 0) is 30.5 Å². The molecule has 1 aromatic heterocycles. The number of piperidine rings is 2. The molecule has 2 fully saturated rings. The molecular weight excluding hydrogens is 676 g/mol. The summed E-state index contributed by atoms with van der Waals surface area (Å²) in [5.41, 5.74) is 0.840. The Morgan fingerprint density at radius 1 is 1.02 bits per heavy atom. The number of alkyl halides is 4. The van der Waals surface area contributed by atoms with Crippen molar-refractivity contribution in [3.63, 3.8) is 0 Å². The van der Waals surface area contributed by atoms with Gasteiger partial charge in [-0.3, -0.25) is 14.4 Å². The summed E-state index contributed by atoms with van der Waals surface area (Å²) in [5, 5.41) is 25.8. The van der Waals surface area contributed by atoms with Crippen molar-refractivity contribution in [3.8, 4) is 11.3 Å². The van der Waals surface area contributed by atoms with Crippen LogP contribution in [0, 0.1) is 0 Å². The van der Waals surface area contributed by atoms with Crippen molar-refractivity contribution < 1.29 is 37.4 Å². The molecule has 3 aliphatic heterocycles. The highest BCUT2D eigenvalue weighted by atomic mass is 32.2. The number of carbonyl (C=O) groups is 2. The van der Waals surface area contributed by atoms with Crippen molar-refractivity contribution in [3.05, 3.63) is 35.0 Å². The molecule has 278 valence electrons. The molecule has 5 rings (SSSR count). The first-order valence-corrected chi connectivity index (χ1v) is 18.6. The lowest BCUT2D eigenvalue weighted by atomic mass is 9.99. The van der Waals surface area contributed by atoms with Crippen LogP contribution < -0.4 is 0 Å². The number of thioether (sulfide) groups is 1. The number of aliphatic hydroxyl groups is 1. The second-order valence-corrected chi connectivity index (χ2v) is 15.8. The van der Waals surface area contributed by atoms with E-state index >= 15 is 0 Å². The standard InChI is InChI=1S/C35H50F4N6O4S/c1-34(2,3)44(33(48)49)23-31(47)43-16-11-29-27(22-43)32(40-45(29)21-26(46)20-42-12-5-4-6-13-42)24-7-8-28(35(37,38)39)30(19-24)50-18-17-41-14-9-25(36)10-15-41/h7-8,19,25-26,46H,4-6,9-18,20-23H2,1-3H3,(H,48,49). The average Bonchev–Trinajstić information content (AvgIpc) is 3.40. The molecule has 0 spiro atoms. The molecule has 2 amide bonds. The van der Waals surface area contributed by atoms with Crippen molar-refractivity contribution in [2.45, 2.75) is 101 Å². The lowest BCUT2D eigenvalue weighted by molar-refractivity contribution is -0.139. The highest BCUT2D eigenvalue weighted by Crippen LogP contribution is 2.40. The van der Waals surface area contributed by atoms with E-state index in [9.17, 15) is 37.4 Å². The van der Waals surface area contributed by atoms with Crippen LogP contribution in [-0.4, -0.2) is 128 Å². The van der Waals surface area contributed by atoms with Crippen molar-refractivity contribution in [1.82, 2.24) is 29.4 Å². The fourth-order valence-corrected chi connectivity index (χ4v) is 8.16. The maximum atomic E-state index is 14.2. The van der Waals surface area contributed by atoms with E-state index in [0.717, 1.165) is 54.4 Å². The predicted molar refractivity (Wildman–Crippen MR) is 184 cm³/mol. The van der Waals surface area contributed by atoms with E-state index in [2.05, 4.69) is 9.80 Å². The molecule has 0 aliphatic carbocycles. The number of halogens is 4. The van der Waals surface area contributed by atoms with Gasteiger partial charge in [0.1, 0.15) is 12.7 Å². The van der Waals surface area contributed by atoms with Crippen molar-refractivity contribution >= 4 is 23.8 Å². The Balaban J connectivity index is 1.43. The van der Waals surface area contributed by atoms with Gasteiger partial charge in [-0.15, -0.1) is 11.8 Å². The SMILES string of the molecule is CC(C)(C)N(CC(=O)N1CCc2c(c(-c3ccc(C(F)(F)F)c(SCCN4CCC(F)CC4)c3)nn2CC(O)CN2CCCCC2)C1)C(=O)O. The number of rotatable bonds is 11. The highest BCUT2D eigenvalue weighted by Gasteiger charge is 2.36. The van der Waals surface area contributed by atoms with Gasteiger partial charge >= 0.3 is 12.3 Å². The second-order valence-electron chi connectivity index (χ2n) is 14.6. The largest absolute Gasteiger partial charge is 0.465 e. The quantitative estimate of drug-likeness (QED) is 0.228. The molecule has 3 aliphatic rings. The number of carbonyl (C=O) groups excluding carboxylic acids is 1. The van der Waals surface area contributed by atoms with E-state index in [1.54, 1.807) is 30.4 Å². The van der Waals surface area contributed by atoms with Crippen LogP contribution in [0.15, 0.2) is 23.1 Å². The smallest absolute Gasteiger partial charge is 0.417 e. The van der Waals surface area contributed by atoms with E-state index in [0.29, 0.717) is 74.6 Å². The van der Waals surface area contributed by atoms with Gasteiger partial charge in [0.15, 0.2) is 0 Å². The van der Waals surface area contributed by atoms with Crippen molar-refractivity contribution in [2.75, 3.05) is 58.1 Å².